The molecule has 0 fully saturated rings. The number of fused-ring (bicyclic) bond motifs is 2. The Morgan fingerprint density at radius 3 is 3.14 bits per heavy atom. The van der Waals surface area contributed by atoms with Gasteiger partial charge >= 0.3 is 0 Å². The van der Waals surface area contributed by atoms with Crippen LogP contribution in [0, 0.1) is 6.92 Å². The van der Waals surface area contributed by atoms with Gasteiger partial charge in [0, 0.05) is 43.3 Å². The van der Waals surface area contributed by atoms with Gasteiger partial charge < -0.3 is 4.42 Å². The second-order valence-corrected chi connectivity index (χ2v) is 5.46. The van der Waals surface area contributed by atoms with Crippen LogP contribution in [0.15, 0.2) is 35.2 Å². The number of hydrogen-bond acceptors (Lipinski definition) is 5. The maximum atomic E-state index is 5.27. The van der Waals surface area contributed by atoms with Gasteiger partial charge in [0.25, 0.3) is 0 Å². The highest BCUT2D eigenvalue weighted by atomic mass is 16.3. The van der Waals surface area contributed by atoms with Gasteiger partial charge in [0.05, 0.1) is 5.69 Å². The lowest BCUT2D eigenvalue weighted by Gasteiger charge is -2.27. The third kappa shape index (κ3) is 2.29. The summed E-state index contributed by atoms with van der Waals surface area (Å²) in [6.45, 7) is 4.68. The Balaban J connectivity index is 1.62. The average Bonchev–Trinajstić information content (AvgIpc) is 2.90. The quantitative estimate of drug-likeness (QED) is 0.722. The molecule has 4 rings (SSSR count). The standard InChI is InChI=1S/C16H16N4O/c1-11-15(18-10-21-11)9-20-6-4-14-13(8-20)7-12-3-2-5-17-16(12)19-14/h2-3,5,7,10H,4,6,8-9H2,1H3. The number of oxazole rings is 1. The first-order valence-electron chi connectivity index (χ1n) is 7.14. The predicted octanol–water partition coefficient (Wildman–Crippen LogP) is 2.48. The first-order chi connectivity index (χ1) is 10.3. The van der Waals surface area contributed by atoms with Gasteiger partial charge in [-0.15, -0.1) is 0 Å². The van der Waals surface area contributed by atoms with Crippen LogP contribution in [-0.2, 0) is 19.5 Å². The zero-order chi connectivity index (χ0) is 14.2. The summed E-state index contributed by atoms with van der Waals surface area (Å²) >= 11 is 0. The van der Waals surface area contributed by atoms with E-state index in [0.29, 0.717) is 0 Å². The fraction of sp³-hybridized carbons (Fsp3) is 0.312. The van der Waals surface area contributed by atoms with Crippen LogP contribution in [-0.4, -0.2) is 26.4 Å². The highest BCUT2D eigenvalue weighted by Gasteiger charge is 2.20. The second-order valence-electron chi connectivity index (χ2n) is 5.46. The highest BCUT2D eigenvalue weighted by Crippen LogP contribution is 2.22. The van der Waals surface area contributed by atoms with Crippen molar-refractivity contribution in [3.05, 3.63) is 53.5 Å². The Kier molecular flexibility index (Phi) is 2.93. The van der Waals surface area contributed by atoms with E-state index in [-0.39, 0.29) is 0 Å². The summed E-state index contributed by atoms with van der Waals surface area (Å²) in [6.07, 6.45) is 4.27. The third-order valence-corrected chi connectivity index (χ3v) is 4.03. The molecule has 0 saturated heterocycles. The maximum Gasteiger partial charge on any atom is 0.181 e. The van der Waals surface area contributed by atoms with Crippen molar-refractivity contribution in [3.63, 3.8) is 0 Å². The first-order valence-corrected chi connectivity index (χ1v) is 7.14. The molecule has 5 heteroatoms. The van der Waals surface area contributed by atoms with Gasteiger partial charge in [-0.2, -0.15) is 0 Å². The van der Waals surface area contributed by atoms with Crippen LogP contribution in [0.25, 0.3) is 11.0 Å². The van der Waals surface area contributed by atoms with E-state index >= 15 is 0 Å². The molecule has 0 atom stereocenters. The Morgan fingerprint density at radius 1 is 1.33 bits per heavy atom. The zero-order valence-electron chi connectivity index (χ0n) is 11.9. The van der Waals surface area contributed by atoms with Gasteiger partial charge in [0.1, 0.15) is 5.76 Å². The van der Waals surface area contributed by atoms with E-state index in [1.165, 1.54) is 17.7 Å². The number of rotatable bonds is 2. The summed E-state index contributed by atoms with van der Waals surface area (Å²) < 4.78 is 5.27. The zero-order valence-corrected chi connectivity index (χ0v) is 11.9. The summed E-state index contributed by atoms with van der Waals surface area (Å²) in [4.78, 5) is 15.7. The number of hydrogen-bond donors (Lipinski definition) is 0. The van der Waals surface area contributed by atoms with E-state index in [9.17, 15) is 0 Å². The number of aromatic nitrogens is 3. The van der Waals surface area contributed by atoms with Gasteiger partial charge in [-0.3, -0.25) is 4.90 Å². The van der Waals surface area contributed by atoms with Crippen LogP contribution in [0.3, 0.4) is 0 Å². The molecule has 0 aliphatic carbocycles. The number of pyridine rings is 2. The Hall–Kier alpha value is -2.27. The van der Waals surface area contributed by atoms with Gasteiger partial charge in [-0.25, -0.2) is 15.0 Å². The number of nitrogens with zero attached hydrogens (tertiary/aromatic N) is 4. The van der Waals surface area contributed by atoms with Crippen LogP contribution in [0.1, 0.15) is 22.7 Å². The van der Waals surface area contributed by atoms with Crippen molar-refractivity contribution in [2.45, 2.75) is 26.4 Å². The molecule has 0 saturated carbocycles. The van der Waals surface area contributed by atoms with Gasteiger partial charge in [-0.1, -0.05) is 0 Å². The molecule has 4 heterocycles. The first kappa shape index (κ1) is 12.5. The molecular formula is C16H16N4O. The van der Waals surface area contributed by atoms with Crippen molar-refractivity contribution in [1.29, 1.82) is 0 Å². The average molecular weight is 280 g/mol. The summed E-state index contributed by atoms with van der Waals surface area (Å²) in [5.41, 5.74) is 4.34. The van der Waals surface area contributed by atoms with E-state index in [1.54, 1.807) is 6.20 Å². The minimum atomic E-state index is 0.826. The Morgan fingerprint density at radius 2 is 2.29 bits per heavy atom. The maximum absolute atomic E-state index is 5.27. The molecule has 0 spiro atoms. The molecule has 5 nitrogen and oxygen atoms in total. The minimum Gasteiger partial charge on any atom is -0.448 e. The molecule has 3 aromatic heterocycles. The number of aryl methyl sites for hydroxylation is 1. The summed E-state index contributed by atoms with van der Waals surface area (Å²) in [5.74, 6) is 0.904. The SMILES string of the molecule is Cc1ocnc1CN1CCc2nc3ncccc3cc2C1. The molecule has 0 radical (unpaired) electrons. The lowest BCUT2D eigenvalue weighted by Crippen LogP contribution is -2.31. The third-order valence-electron chi connectivity index (χ3n) is 4.03. The molecule has 0 aromatic carbocycles. The molecular weight excluding hydrogens is 264 g/mol. The lowest BCUT2D eigenvalue weighted by atomic mass is 10.0. The molecule has 0 amide bonds. The van der Waals surface area contributed by atoms with Crippen molar-refractivity contribution in [2.75, 3.05) is 6.54 Å². The summed E-state index contributed by atoms with van der Waals surface area (Å²) in [5, 5.41) is 1.11. The highest BCUT2D eigenvalue weighted by molar-refractivity contribution is 5.75. The molecule has 1 aliphatic heterocycles. The topological polar surface area (TPSA) is 55.1 Å². The van der Waals surface area contributed by atoms with Crippen LogP contribution in [0.2, 0.25) is 0 Å². The van der Waals surface area contributed by atoms with E-state index < -0.39 is 0 Å². The van der Waals surface area contributed by atoms with Crippen LogP contribution in [0.5, 0.6) is 0 Å². The van der Waals surface area contributed by atoms with E-state index in [1.807, 2.05) is 13.0 Å². The van der Waals surface area contributed by atoms with Crippen molar-refractivity contribution in [2.24, 2.45) is 0 Å². The largest absolute Gasteiger partial charge is 0.448 e. The van der Waals surface area contributed by atoms with Crippen molar-refractivity contribution < 1.29 is 4.42 Å². The summed E-state index contributed by atoms with van der Waals surface area (Å²) in [7, 11) is 0. The lowest BCUT2D eigenvalue weighted by molar-refractivity contribution is 0.240. The molecule has 0 bridgehead atoms. The molecule has 3 aromatic rings. The van der Waals surface area contributed by atoms with Crippen molar-refractivity contribution in [1.82, 2.24) is 19.9 Å². The fourth-order valence-corrected chi connectivity index (χ4v) is 2.85. The molecule has 106 valence electrons. The molecule has 21 heavy (non-hydrogen) atoms. The predicted molar refractivity (Wildman–Crippen MR) is 78.6 cm³/mol. The Labute approximate surface area is 122 Å². The van der Waals surface area contributed by atoms with Crippen molar-refractivity contribution >= 4 is 11.0 Å². The fourth-order valence-electron chi connectivity index (χ4n) is 2.85. The minimum absolute atomic E-state index is 0.826. The van der Waals surface area contributed by atoms with Crippen LogP contribution < -0.4 is 0 Å². The van der Waals surface area contributed by atoms with E-state index in [0.717, 1.165) is 48.5 Å². The van der Waals surface area contributed by atoms with Gasteiger partial charge in [0.15, 0.2) is 12.0 Å². The molecule has 0 N–H and O–H groups in total. The van der Waals surface area contributed by atoms with E-state index in [4.69, 9.17) is 9.40 Å². The molecule has 0 unspecified atom stereocenters. The second kappa shape index (κ2) is 4.93. The monoisotopic (exact) mass is 280 g/mol. The normalized spacial score (nSPS) is 15.3. The van der Waals surface area contributed by atoms with E-state index in [2.05, 4.69) is 27.0 Å². The molecule has 1 aliphatic rings. The van der Waals surface area contributed by atoms with Crippen molar-refractivity contribution in [3.8, 4) is 0 Å². The Bertz CT molecular complexity index is 796. The van der Waals surface area contributed by atoms with Gasteiger partial charge in [-0.05, 0) is 30.7 Å². The van der Waals surface area contributed by atoms with Gasteiger partial charge in [0.2, 0.25) is 0 Å². The van der Waals surface area contributed by atoms with Crippen LogP contribution in [0.4, 0.5) is 0 Å². The van der Waals surface area contributed by atoms with Crippen LogP contribution >= 0.6 is 0 Å². The summed E-state index contributed by atoms with van der Waals surface area (Å²) in [6, 6.07) is 6.23. The smallest absolute Gasteiger partial charge is 0.181 e.